The number of carbonyl (C=O) groups excluding carboxylic acids is 2. The van der Waals surface area contributed by atoms with Crippen LogP contribution < -0.4 is 16.2 Å². The Morgan fingerprint density at radius 2 is 2.00 bits per heavy atom. The van der Waals surface area contributed by atoms with Crippen LogP contribution in [0.25, 0.3) is 0 Å². The number of amides is 2. The molecular formula is C15H15N5O6. The van der Waals surface area contributed by atoms with Gasteiger partial charge in [-0.3, -0.25) is 14.2 Å². The highest BCUT2D eigenvalue weighted by atomic mass is 16.5. The molecule has 11 heteroatoms. The molecule has 1 aliphatic heterocycles. The van der Waals surface area contributed by atoms with Gasteiger partial charge in [-0.05, 0) is 24.3 Å². The summed E-state index contributed by atoms with van der Waals surface area (Å²) in [6.07, 6.45) is 0. The zero-order valence-electron chi connectivity index (χ0n) is 13.4. The fraction of sp³-hybridized carbons (Fsp3) is 0.267. The van der Waals surface area contributed by atoms with Gasteiger partial charge in [-0.2, -0.15) is 5.10 Å². The summed E-state index contributed by atoms with van der Waals surface area (Å²) in [6, 6.07) is 4.64. The van der Waals surface area contributed by atoms with Gasteiger partial charge in [-0.15, -0.1) is 0 Å². The maximum Gasteiger partial charge on any atom is 0.343 e. The number of carbonyl (C=O) groups is 3. The lowest BCUT2D eigenvalue weighted by atomic mass is 10.1. The van der Waals surface area contributed by atoms with Crippen LogP contribution in [0, 0.1) is 0 Å². The molecule has 1 unspecified atom stereocenters. The summed E-state index contributed by atoms with van der Waals surface area (Å²) >= 11 is 0. The average Bonchev–Trinajstić information content (AvgIpc) is 2.99. The monoisotopic (exact) mass is 361 g/mol. The van der Waals surface area contributed by atoms with Gasteiger partial charge in [0.25, 0.3) is 11.8 Å². The number of hydrogen-bond acceptors (Lipinski definition) is 6. The first-order valence-electron chi connectivity index (χ1n) is 7.56. The van der Waals surface area contributed by atoms with Crippen LogP contribution in [-0.2, 0) is 22.7 Å². The van der Waals surface area contributed by atoms with Crippen LogP contribution in [0.2, 0.25) is 0 Å². The standard InChI is InChI=1S/C15H15N5O6/c16-11(21)7-26-9-3-1-8(2-4-9)13(22)19-6-12-17-18-15(25)20(12)5-10(19)14(23)24/h1-4,10H,5-7H2,(H2,16,21)(H,18,25)(H,23,24). The van der Waals surface area contributed by atoms with E-state index >= 15 is 0 Å². The molecule has 1 aromatic carbocycles. The van der Waals surface area contributed by atoms with E-state index in [1.54, 1.807) is 0 Å². The van der Waals surface area contributed by atoms with Crippen molar-refractivity contribution in [2.45, 2.75) is 19.1 Å². The number of ether oxygens (including phenoxy) is 1. The third-order valence-electron chi connectivity index (χ3n) is 3.91. The minimum absolute atomic E-state index is 0.117. The summed E-state index contributed by atoms with van der Waals surface area (Å²) in [5.74, 6) is -1.76. The molecule has 136 valence electrons. The van der Waals surface area contributed by atoms with E-state index in [0.717, 1.165) is 4.90 Å². The molecule has 2 aromatic rings. The molecule has 0 bridgehead atoms. The zero-order chi connectivity index (χ0) is 18.8. The van der Waals surface area contributed by atoms with Crippen LogP contribution in [0.15, 0.2) is 29.1 Å². The molecule has 0 fully saturated rings. The SMILES string of the molecule is NC(=O)COc1ccc(C(=O)N2Cc3n[nH]c(=O)n3CC2C(=O)O)cc1. The first-order valence-corrected chi connectivity index (χ1v) is 7.56. The Bertz CT molecular complexity index is 915. The van der Waals surface area contributed by atoms with Crippen molar-refractivity contribution >= 4 is 17.8 Å². The van der Waals surface area contributed by atoms with E-state index in [9.17, 15) is 24.3 Å². The van der Waals surface area contributed by atoms with Crippen LogP contribution in [0.5, 0.6) is 5.75 Å². The lowest BCUT2D eigenvalue weighted by molar-refractivity contribution is -0.143. The Hall–Kier alpha value is -3.63. The molecule has 0 radical (unpaired) electrons. The molecule has 1 aliphatic rings. The van der Waals surface area contributed by atoms with Gasteiger partial charge in [0.05, 0.1) is 13.1 Å². The van der Waals surface area contributed by atoms with Crippen molar-refractivity contribution in [1.82, 2.24) is 19.7 Å². The number of fused-ring (bicyclic) bond motifs is 1. The van der Waals surface area contributed by atoms with Crippen molar-refractivity contribution in [3.63, 3.8) is 0 Å². The van der Waals surface area contributed by atoms with Crippen molar-refractivity contribution in [3.05, 3.63) is 46.1 Å². The van der Waals surface area contributed by atoms with Gasteiger partial charge in [-0.25, -0.2) is 14.7 Å². The van der Waals surface area contributed by atoms with Crippen molar-refractivity contribution in [3.8, 4) is 5.75 Å². The molecule has 0 aliphatic carbocycles. The van der Waals surface area contributed by atoms with Gasteiger partial charge in [0.15, 0.2) is 12.4 Å². The fourth-order valence-corrected chi connectivity index (χ4v) is 2.63. The molecular weight excluding hydrogens is 346 g/mol. The van der Waals surface area contributed by atoms with Crippen LogP contribution in [0.1, 0.15) is 16.2 Å². The molecule has 11 nitrogen and oxygen atoms in total. The highest BCUT2D eigenvalue weighted by Crippen LogP contribution is 2.20. The molecule has 1 atom stereocenters. The van der Waals surface area contributed by atoms with Crippen LogP contribution in [0.4, 0.5) is 0 Å². The number of aromatic amines is 1. The summed E-state index contributed by atoms with van der Waals surface area (Å²) in [5, 5.41) is 15.5. The quantitative estimate of drug-likeness (QED) is 0.586. The van der Waals surface area contributed by atoms with E-state index in [2.05, 4.69) is 10.2 Å². The maximum absolute atomic E-state index is 12.7. The molecule has 0 saturated carbocycles. The van der Waals surface area contributed by atoms with Crippen molar-refractivity contribution < 1.29 is 24.2 Å². The van der Waals surface area contributed by atoms with E-state index in [0.29, 0.717) is 5.75 Å². The van der Waals surface area contributed by atoms with Gasteiger partial charge < -0.3 is 20.5 Å². The third-order valence-corrected chi connectivity index (χ3v) is 3.91. The average molecular weight is 361 g/mol. The summed E-state index contributed by atoms with van der Waals surface area (Å²) in [7, 11) is 0. The Labute approximate surface area is 146 Å². The maximum atomic E-state index is 12.7. The summed E-state index contributed by atoms with van der Waals surface area (Å²) in [4.78, 5) is 47.7. The molecule has 4 N–H and O–H groups in total. The van der Waals surface area contributed by atoms with Gasteiger partial charge >= 0.3 is 11.7 Å². The van der Waals surface area contributed by atoms with E-state index in [1.165, 1.54) is 28.8 Å². The second-order valence-electron chi connectivity index (χ2n) is 5.62. The summed E-state index contributed by atoms with van der Waals surface area (Å²) in [6.45, 7) is -0.600. The zero-order valence-corrected chi connectivity index (χ0v) is 13.4. The first-order chi connectivity index (χ1) is 12.4. The molecule has 2 amide bonds. The normalized spacial score (nSPS) is 16.0. The molecule has 1 aromatic heterocycles. The van der Waals surface area contributed by atoms with Gasteiger partial charge in [-0.1, -0.05) is 0 Å². The number of rotatable bonds is 5. The molecule has 2 heterocycles. The third kappa shape index (κ3) is 3.27. The number of nitrogens with two attached hydrogens (primary N) is 1. The fourth-order valence-electron chi connectivity index (χ4n) is 2.63. The van der Waals surface area contributed by atoms with Crippen LogP contribution in [0.3, 0.4) is 0 Å². The first kappa shape index (κ1) is 17.2. The number of aromatic nitrogens is 3. The lowest BCUT2D eigenvalue weighted by Crippen LogP contribution is -2.52. The van der Waals surface area contributed by atoms with Crippen molar-refractivity contribution in [1.29, 1.82) is 0 Å². The largest absolute Gasteiger partial charge is 0.484 e. The van der Waals surface area contributed by atoms with Gasteiger partial charge in [0.1, 0.15) is 11.8 Å². The Morgan fingerprint density at radius 3 is 2.62 bits per heavy atom. The van der Waals surface area contributed by atoms with Crippen LogP contribution >= 0.6 is 0 Å². The van der Waals surface area contributed by atoms with Crippen LogP contribution in [-0.4, -0.2) is 55.2 Å². The predicted octanol–water partition coefficient (Wildman–Crippen LogP) is -1.46. The number of hydrogen-bond donors (Lipinski definition) is 3. The molecule has 0 saturated heterocycles. The van der Waals surface area contributed by atoms with Crippen molar-refractivity contribution in [2.24, 2.45) is 5.73 Å². The van der Waals surface area contributed by atoms with E-state index in [-0.39, 0.29) is 31.1 Å². The number of H-pyrrole nitrogens is 1. The second-order valence-corrected chi connectivity index (χ2v) is 5.62. The van der Waals surface area contributed by atoms with E-state index in [4.69, 9.17) is 10.5 Å². The Morgan fingerprint density at radius 1 is 1.31 bits per heavy atom. The highest BCUT2D eigenvalue weighted by Gasteiger charge is 2.36. The predicted molar refractivity (Wildman–Crippen MR) is 85.3 cm³/mol. The number of primary amides is 1. The number of nitrogens with one attached hydrogen (secondary N) is 1. The smallest absolute Gasteiger partial charge is 0.343 e. The van der Waals surface area contributed by atoms with Crippen molar-refractivity contribution in [2.75, 3.05) is 6.61 Å². The highest BCUT2D eigenvalue weighted by molar-refractivity contribution is 5.96. The molecule has 26 heavy (non-hydrogen) atoms. The summed E-state index contributed by atoms with van der Waals surface area (Å²) in [5.41, 5.74) is 4.70. The van der Waals surface area contributed by atoms with Gasteiger partial charge in [0.2, 0.25) is 0 Å². The van der Waals surface area contributed by atoms with Gasteiger partial charge in [0, 0.05) is 5.56 Å². The minimum Gasteiger partial charge on any atom is -0.484 e. The number of aliphatic carboxylic acids is 1. The number of nitrogens with zero attached hydrogens (tertiary/aromatic N) is 3. The van der Waals surface area contributed by atoms with E-state index < -0.39 is 29.5 Å². The lowest BCUT2D eigenvalue weighted by Gasteiger charge is -2.32. The Balaban J connectivity index is 1.82. The second kappa shape index (κ2) is 6.70. The molecule has 3 rings (SSSR count). The van der Waals surface area contributed by atoms with E-state index in [1.807, 2.05) is 0 Å². The number of carboxylic acids is 1. The molecule has 0 spiro atoms. The summed E-state index contributed by atoms with van der Waals surface area (Å²) < 4.78 is 6.31. The number of benzene rings is 1. The number of carboxylic acid groups (broad SMARTS) is 1. The topological polar surface area (TPSA) is 161 Å². The minimum atomic E-state index is -1.22. The Kier molecular flexibility index (Phi) is 4.43.